The molecule has 0 saturated carbocycles. The minimum absolute atomic E-state index is 0.611. The van der Waals surface area contributed by atoms with Crippen molar-refractivity contribution in [2.75, 3.05) is 0 Å². The number of benzene rings is 13. The lowest BCUT2D eigenvalue weighted by molar-refractivity contribution is 0.635. The SMILES string of the molecule is c1ccc(-c2ccc(-c3nc(-c4ccccc4)nc(-c4ccc(-c5ccc(-c6nc7ccccc7c7oc(-c8cccnc8)c(-c8cccnc8)c67)cc5)cc4)n3)cc2)cc1.c1ccc(-c2nc(-c3ccc(-c4ccc(-c5nc6ccccc6c6oc(-c7ccncc7)c(-c7ccncc7)c56)cc4)cc3)cc(-c3cccc(-n4c5ccccc5c5ccccc54)c3)n2)cc1. The summed E-state index contributed by atoms with van der Waals surface area (Å²) in [7, 11) is 0. The van der Waals surface area contributed by atoms with E-state index in [2.05, 4.69) is 279 Å². The van der Waals surface area contributed by atoms with E-state index >= 15 is 0 Å². The molecule has 0 unspecified atom stereocenters. The van der Waals surface area contributed by atoms with Crippen LogP contribution in [0.5, 0.6) is 0 Å². The van der Waals surface area contributed by atoms with Crippen molar-refractivity contribution >= 4 is 65.6 Å². The van der Waals surface area contributed by atoms with Crippen LogP contribution >= 0.6 is 0 Å². The third-order valence-corrected chi connectivity index (χ3v) is 23.8. The van der Waals surface area contributed by atoms with Crippen LogP contribution in [0.1, 0.15) is 0 Å². The fourth-order valence-corrected chi connectivity index (χ4v) is 17.5. The topological polar surface area (TPSA) is 173 Å². The second kappa shape index (κ2) is 33.1. The molecule has 0 amide bonds. The van der Waals surface area contributed by atoms with Crippen molar-refractivity contribution in [1.29, 1.82) is 0 Å². The highest BCUT2D eigenvalue weighted by atomic mass is 16.3. The molecular weight excluding hydrogens is 1580 g/mol. The van der Waals surface area contributed by atoms with E-state index in [4.69, 9.17) is 43.7 Å². The monoisotopic (exact) mass is 1650 g/mol. The van der Waals surface area contributed by atoms with Crippen molar-refractivity contribution in [2.24, 2.45) is 0 Å². The molecule has 0 aliphatic carbocycles. The Labute approximate surface area is 741 Å². The van der Waals surface area contributed by atoms with E-state index in [9.17, 15) is 0 Å². The Morgan fingerprint density at radius 3 is 1.01 bits per heavy atom. The second-order valence-corrected chi connectivity index (χ2v) is 31.6. The largest absolute Gasteiger partial charge is 0.455 e. The Hall–Kier alpha value is -17.8. The van der Waals surface area contributed by atoms with Crippen molar-refractivity contribution in [3.05, 3.63) is 438 Å². The highest BCUT2D eigenvalue weighted by Gasteiger charge is 2.28. The number of hydrogen-bond acceptors (Lipinski definition) is 13. The van der Waals surface area contributed by atoms with Gasteiger partial charge in [0.2, 0.25) is 0 Å². The quantitative estimate of drug-likeness (QED) is 0.0895. The fraction of sp³-hybridized carbons (Fsp3) is 0. The molecule has 604 valence electrons. The zero-order valence-electron chi connectivity index (χ0n) is 69.3. The fourth-order valence-electron chi connectivity index (χ4n) is 17.5. The van der Waals surface area contributed by atoms with E-state index in [1.165, 1.54) is 21.8 Å². The van der Waals surface area contributed by atoms with Crippen LogP contribution in [0.4, 0.5) is 0 Å². The molecule has 14 heteroatoms. The van der Waals surface area contributed by atoms with E-state index in [0.29, 0.717) is 23.3 Å². The van der Waals surface area contributed by atoms with Gasteiger partial charge in [-0.05, 0) is 136 Å². The van der Waals surface area contributed by atoms with Crippen LogP contribution in [0.3, 0.4) is 0 Å². The van der Waals surface area contributed by atoms with Gasteiger partial charge in [0, 0.05) is 149 Å². The van der Waals surface area contributed by atoms with Gasteiger partial charge < -0.3 is 13.4 Å². The number of aromatic nitrogens is 12. The van der Waals surface area contributed by atoms with Gasteiger partial charge in [-0.3, -0.25) is 19.9 Å². The molecule has 14 nitrogen and oxygen atoms in total. The molecule has 0 saturated heterocycles. The molecule has 0 spiro atoms. The summed E-state index contributed by atoms with van der Waals surface area (Å²) in [6.07, 6.45) is 14.5. The van der Waals surface area contributed by atoms with Gasteiger partial charge in [0.05, 0.1) is 55.6 Å². The molecule has 129 heavy (non-hydrogen) atoms. The first-order valence-corrected chi connectivity index (χ1v) is 42.7. The van der Waals surface area contributed by atoms with Gasteiger partial charge in [0.25, 0.3) is 0 Å². The molecular formula is C115H72N12O2. The van der Waals surface area contributed by atoms with Gasteiger partial charge in [0.1, 0.15) is 22.7 Å². The minimum atomic E-state index is 0.611. The van der Waals surface area contributed by atoms with Crippen LogP contribution in [0.25, 0.3) is 240 Å². The van der Waals surface area contributed by atoms with Crippen LogP contribution in [-0.4, -0.2) is 59.4 Å². The van der Waals surface area contributed by atoms with Gasteiger partial charge >= 0.3 is 0 Å². The molecule has 24 rings (SSSR count). The average molecular weight is 1650 g/mol. The number of fused-ring (bicyclic) bond motifs is 9. The molecule has 0 fully saturated rings. The summed E-state index contributed by atoms with van der Waals surface area (Å²) in [6.45, 7) is 0. The average Bonchev–Trinajstić information content (AvgIpc) is 1.61. The Morgan fingerprint density at radius 1 is 0.202 bits per heavy atom. The van der Waals surface area contributed by atoms with Gasteiger partial charge in [0.15, 0.2) is 23.3 Å². The number of pyridine rings is 6. The molecule has 13 aromatic carbocycles. The number of hydrogen-bond donors (Lipinski definition) is 0. The first-order chi connectivity index (χ1) is 63.9. The Balaban J connectivity index is 0.000000148. The molecule has 0 bridgehead atoms. The third-order valence-electron chi connectivity index (χ3n) is 23.8. The summed E-state index contributed by atoms with van der Waals surface area (Å²) < 4.78 is 16.0. The lowest BCUT2D eigenvalue weighted by Gasteiger charge is -2.12. The summed E-state index contributed by atoms with van der Waals surface area (Å²) in [4.78, 5) is 53.3. The molecule has 0 aliphatic heterocycles. The molecule has 0 aliphatic rings. The maximum Gasteiger partial charge on any atom is 0.164 e. The summed E-state index contributed by atoms with van der Waals surface area (Å²) >= 11 is 0. The van der Waals surface area contributed by atoms with Crippen LogP contribution in [0, 0.1) is 0 Å². The Morgan fingerprint density at radius 2 is 0.543 bits per heavy atom. The van der Waals surface area contributed by atoms with Crippen LogP contribution < -0.4 is 0 Å². The van der Waals surface area contributed by atoms with Gasteiger partial charge in [-0.2, -0.15) is 0 Å². The maximum atomic E-state index is 6.87. The molecule has 24 aromatic rings. The Bertz CT molecular complexity index is 8220. The van der Waals surface area contributed by atoms with Gasteiger partial charge in [-0.15, -0.1) is 0 Å². The van der Waals surface area contributed by atoms with Gasteiger partial charge in [-0.25, -0.2) is 34.9 Å². The van der Waals surface area contributed by atoms with E-state index in [0.717, 1.165) is 195 Å². The van der Waals surface area contributed by atoms with Crippen LogP contribution in [0.15, 0.2) is 447 Å². The van der Waals surface area contributed by atoms with Gasteiger partial charge in [-0.1, -0.05) is 291 Å². The first kappa shape index (κ1) is 76.2. The molecule has 11 heterocycles. The van der Waals surface area contributed by atoms with Crippen LogP contribution in [-0.2, 0) is 0 Å². The van der Waals surface area contributed by atoms with E-state index in [-0.39, 0.29) is 0 Å². The van der Waals surface area contributed by atoms with E-state index in [1.807, 2.05) is 158 Å². The van der Waals surface area contributed by atoms with Crippen molar-refractivity contribution in [3.8, 4) is 175 Å². The number of rotatable bonds is 16. The van der Waals surface area contributed by atoms with E-state index < -0.39 is 0 Å². The Kier molecular flexibility index (Phi) is 19.6. The third kappa shape index (κ3) is 14.5. The predicted octanol–water partition coefficient (Wildman–Crippen LogP) is 28.6. The number of nitrogens with zero attached hydrogens (tertiary/aromatic N) is 12. The summed E-state index contributed by atoms with van der Waals surface area (Å²) in [5.41, 5.74) is 30.1. The van der Waals surface area contributed by atoms with Crippen LogP contribution in [0.2, 0.25) is 0 Å². The molecule has 0 radical (unpaired) electrons. The highest BCUT2D eigenvalue weighted by molar-refractivity contribution is 6.19. The smallest absolute Gasteiger partial charge is 0.164 e. The summed E-state index contributed by atoms with van der Waals surface area (Å²) in [5, 5.41) is 6.25. The van der Waals surface area contributed by atoms with E-state index in [1.54, 1.807) is 24.8 Å². The summed E-state index contributed by atoms with van der Waals surface area (Å²) in [6, 6.07) is 133. The van der Waals surface area contributed by atoms with Crippen molar-refractivity contribution in [1.82, 2.24) is 59.4 Å². The zero-order chi connectivity index (χ0) is 85.5. The van der Waals surface area contributed by atoms with Crippen molar-refractivity contribution in [3.63, 3.8) is 0 Å². The summed E-state index contributed by atoms with van der Waals surface area (Å²) in [5.74, 6) is 4.03. The first-order valence-electron chi connectivity index (χ1n) is 42.7. The second-order valence-electron chi connectivity index (χ2n) is 31.6. The van der Waals surface area contributed by atoms with Crippen molar-refractivity contribution < 1.29 is 8.83 Å². The molecule has 11 aromatic heterocycles. The minimum Gasteiger partial charge on any atom is -0.455 e. The lowest BCUT2D eigenvalue weighted by atomic mass is 9.94. The number of para-hydroxylation sites is 4. The predicted molar refractivity (Wildman–Crippen MR) is 519 cm³/mol. The molecule has 0 N–H and O–H groups in total. The standard InChI is InChI=1S/C61H38N6O.C54H34N6O/c1-2-11-45(12-3-1)61-65-52(38-53(66-61)46-13-10-14-47(37-46)67-54-19-8-5-15-48(54)49-16-6-9-20-55(49)67)41-25-21-39(22-26-41)40-23-27-43(28-24-40)58-57-56(42-29-33-62-34-30-42)59(44-31-35-63-36-32-44)68-60(57)50-17-4-7-18-51(50)64-58;1-3-11-35(12-4-1)36-21-27-41(28-22-36)53-58-52(40-13-5-2-6-14-40)59-54(60-53)42-29-23-38(24-30-42)37-19-25-39(26-20-37)49-48-47(43-15-9-31-55-33-43)50(44-16-10-32-56-34-44)61-51(48)45-17-7-8-18-46(45)57-49/h1-38H;1-34H. The lowest BCUT2D eigenvalue weighted by Crippen LogP contribution is -2.00. The maximum absolute atomic E-state index is 6.87. The molecule has 0 atom stereocenters. The number of furan rings is 2. The normalized spacial score (nSPS) is 11.4. The highest BCUT2D eigenvalue weighted by Crippen LogP contribution is 2.50. The van der Waals surface area contributed by atoms with Crippen molar-refractivity contribution in [2.45, 2.75) is 0 Å². The zero-order valence-corrected chi connectivity index (χ0v) is 69.3.